The normalized spacial score (nSPS) is 10.0. The molecule has 12 heavy (non-hydrogen) atoms. The zero-order valence-electron chi connectivity index (χ0n) is 6.03. The highest BCUT2D eigenvalue weighted by atomic mass is 79.9. The van der Waals surface area contributed by atoms with Gasteiger partial charge in [0.1, 0.15) is 6.07 Å². The Kier molecular flexibility index (Phi) is 1.59. The van der Waals surface area contributed by atoms with Crippen molar-refractivity contribution in [2.45, 2.75) is 0 Å². The lowest BCUT2D eigenvalue weighted by Gasteiger charge is -1.96. The molecule has 0 N–H and O–H groups in total. The number of nitriles is 1. The Bertz CT molecular complexity index is 467. The Morgan fingerprint density at radius 1 is 1.58 bits per heavy atom. The number of hydrogen-bond acceptors (Lipinski definition) is 2. The van der Waals surface area contributed by atoms with E-state index in [1.165, 1.54) is 0 Å². The number of nitrogens with zero attached hydrogens (tertiary/aromatic N) is 3. The summed E-state index contributed by atoms with van der Waals surface area (Å²) in [5.41, 5.74) is 1.45. The van der Waals surface area contributed by atoms with Crippen molar-refractivity contribution >= 4 is 21.6 Å². The van der Waals surface area contributed by atoms with Crippen molar-refractivity contribution in [2.24, 2.45) is 0 Å². The van der Waals surface area contributed by atoms with Gasteiger partial charge in [-0.15, -0.1) is 0 Å². The van der Waals surface area contributed by atoms with Crippen LogP contribution in [0, 0.1) is 11.3 Å². The number of imidazole rings is 1. The molecule has 4 heteroatoms. The lowest BCUT2D eigenvalue weighted by atomic mass is 10.3. The van der Waals surface area contributed by atoms with E-state index in [4.69, 9.17) is 5.26 Å². The maximum atomic E-state index is 8.65. The third-order valence-corrected chi connectivity index (χ3v) is 2.16. The summed E-state index contributed by atoms with van der Waals surface area (Å²) in [5, 5.41) is 8.65. The van der Waals surface area contributed by atoms with Gasteiger partial charge in [-0.1, -0.05) is 0 Å². The molecule has 0 spiro atoms. The van der Waals surface area contributed by atoms with Crippen LogP contribution in [0.1, 0.15) is 5.56 Å². The number of hydrogen-bond donors (Lipinski definition) is 0. The van der Waals surface area contributed by atoms with E-state index in [9.17, 15) is 0 Å². The Morgan fingerprint density at radius 3 is 3.17 bits per heavy atom. The summed E-state index contributed by atoms with van der Waals surface area (Å²) in [4.78, 5) is 4.10. The first-order valence-electron chi connectivity index (χ1n) is 3.33. The topological polar surface area (TPSA) is 41.1 Å². The van der Waals surface area contributed by atoms with E-state index in [0.29, 0.717) is 5.56 Å². The average Bonchev–Trinajstić information content (AvgIpc) is 2.52. The van der Waals surface area contributed by atoms with Crippen molar-refractivity contribution in [3.63, 3.8) is 0 Å². The first-order valence-corrected chi connectivity index (χ1v) is 4.13. The van der Waals surface area contributed by atoms with E-state index in [1.807, 2.05) is 4.40 Å². The third kappa shape index (κ3) is 0.990. The molecule has 0 radical (unpaired) electrons. The fourth-order valence-corrected chi connectivity index (χ4v) is 1.61. The van der Waals surface area contributed by atoms with E-state index in [0.717, 1.165) is 10.1 Å². The molecular formula is C8H4BrN3. The van der Waals surface area contributed by atoms with Crippen molar-refractivity contribution in [2.75, 3.05) is 0 Å². The predicted octanol–water partition coefficient (Wildman–Crippen LogP) is 1.97. The van der Waals surface area contributed by atoms with Gasteiger partial charge >= 0.3 is 0 Å². The molecule has 0 aliphatic carbocycles. The highest BCUT2D eigenvalue weighted by molar-refractivity contribution is 9.10. The number of halogens is 1. The van der Waals surface area contributed by atoms with Gasteiger partial charge in [0.2, 0.25) is 0 Å². The van der Waals surface area contributed by atoms with E-state index in [-0.39, 0.29) is 0 Å². The van der Waals surface area contributed by atoms with Crippen LogP contribution in [0.2, 0.25) is 0 Å². The van der Waals surface area contributed by atoms with Gasteiger partial charge in [0.25, 0.3) is 0 Å². The van der Waals surface area contributed by atoms with E-state index in [1.54, 1.807) is 24.7 Å². The number of pyridine rings is 1. The van der Waals surface area contributed by atoms with Crippen molar-refractivity contribution in [1.82, 2.24) is 9.38 Å². The van der Waals surface area contributed by atoms with Crippen LogP contribution in [0.25, 0.3) is 5.65 Å². The second-order valence-corrected chi connectivity index (χ2v) is 3.20. The molecule has 0 aliphatic heterocycles. The molecule has 58 valence electrons. The van der Waals surface area contributed by atoms with Gasteiger partial charge in [-0.05, 0) is 22.0 Å². The van der Waals surface area contributed by atoms with E-state index in [2.05, 4.69) is 27.0 Å². The summed E-state index contributed by atoms with van der Waals surface area (Å²) in [6.07, 6.45) is 5.25. The zero-order valence-corrected chi connectivity index (χ0v) is 7.62. The minimum Gasteiger partial charge on any atom is -0.305 e. The molecule has 3 nitrogen and oxygen atoms in total. The molecular weight excluding hydrogens is 218 g/mol. The first-order chi connectivity index (χ1) is 5.81. The molecule has 2 aromatic heterocycles. The van der Waals surface area contributed by atoms with Crippen LogP contribution >= 0.6 is 15.9 Å². The number of aromatic nitrogens is 2. The molecule has 0 fully saturated rings. The molecule has 0 atom stereocenters. The van der Waals surface area contributed by atoms with Crippen molar-refractivity contribution in [3.8, 4) is 6.07 Å². The minimum atomic E-state index is 0.618. The first kappa shape index (κ1) is 7.32. The molecule has 0 bridgehead atoms. The van der Waals surface area contributed by atoms with E-state index < -0.39 is 0 Å². The Morgan fingerprint density at radius 2 is 2.42 bits per heavy atom. The van der Waals surface area contributed by atoms with Crippen LogP contribution in [-0.2, 0) is 0 Å². The summed E-state index contributed by atoms with van der Waals surface area (Å²) < 4.78 is 2.65. The number of fused-ring (bicyclic) bond motifs is 1. The fraction of sp³-hybridized carbons (Fsp3) is 0. The second kappa shape index (κ2) is 2.61. The van der Waals surface area contributed by atoms with Crippen LogP contribution in [0.3, 0.4) is 0 Å². The van der Waals surface area contributed by atoms with Crippen molar-refractivity contribution < 1.29 is 0 Å². The fourth-order valence-electron chi connectivity index (χ4n) is 1.05. The Balaban J connectivity index is 2.86. The molecule has 0 saturated carbocycles. The second-order valence-electron chi connectivity index (χ2n) is 2.35. The molecule has 0 amide bonds. The highest BCUT2D eigenvalue weighted by Gasteiger charge is 2.01. The Hall–Kier alpha value is -1.34. The van der Waals surface area contributed by atoms with Gasteiger partial charge in [-0.3, -0.25) is 0 Å². The smallest absolute Gasteiger partial charge is 0.151 e. The molecule has 2 aromatic rings. The van der Waals surface area contributed by atoms with Crippen molar-refractivity contribution in [3.05, 3.63) is 34.7 Å². The van der Waals surface area contributed by atoms with Gasteiger partial charge in [-0.2, -0.15) is 5.26 Å². The van der Waals surface area contributed by atoms with Gasteiger partial charge in [-0.25, -0.2) is 4.98 Å². The quantitative estimate of drug-likeness (QED) is 0.683. The highest BCUT2D eigenvalue weighted by Crippen LogP contribution is 2.17. The van der Waals surface area contributed by atoms with Crippen LogP contribution < -0.4 is 0 Å². The average molecular weight is 222 g/mol. The Labute approximate surface area is 77.4 Å². The molecule has 0 saturated heterocycles. The van der Waals surface area contributed by atoms with Gasteiger partial charge in [0.05, 0.1) is 10.0 Å². The predicted molar refractivity (Wildman–Crippen MR) is 47.6 cm³/mol. The molecule has 2 rings (SSSR count). The summed E-state index contributed by atoms with van der Waals surface area (Å²) >= 11 is 3.33. The zero-order chi connectivity index (χ0) is 8.55. The third-order valence-electron chi connectivity index (χ3n) is 1.57. The molecule has 2 heterocycles. The summed E-state index contributed by atoms with van der Waals surface area (Å²) in [6, 6.07) is 3.82. The lowest BCUT2D eigenvalue weighted by Crippen LogP contribution is -1.86. The van der Waals surface area contributed by atoms with Crippen LogP contribution in [-0.4, -0.2) is 9.38 Å². The molecule has 0 unspecified atom stereocenters. The van der Waals surface area contributed by atoms with Gasteiger partial charge < -0.3 is 4.40 Å². The number of rotatable bonds is 0. The van der Waals surface area contributed by atoms with Gasteiger partial charge in [0.15, 0.2) is 5.65 Å². The summed E-state index contributed by atoms with van der Waals surface area (Å²) in [6.45, 7) is 0. The summed E-state index contributed by atoms with van der Waals surface area (Å²) in [5.74, 6) is 0. The molecule has 0 aromatic carbocycles. The minimum absolute atomic E-state index is 0.618. The standard InChI is InChI=1S/C8H4BrN3/c9-7-3-6(4-10)5-12-2-1-11-8(7)12/h1-3,5H. The molecule has 0 aliphatic rings. The maximum Gasteiger partial charge on any atom is 0.151 e. The monoisotopic (exact) mass is 221 g/mol. The van der Waals surface area contributed by atoms with Crippen LogP contribution in [0.5, 0.6) is 0 Å². The SMILES string of the molecule is N#Cc1cc(Br)c2nccn2c1. The van der Waals surface area contributed by atoms with Crippen LogP contribution in [0.4, 0.5) is 0 Å². The van der Waals surface area contributed by atoms with Crippen LogP contribution in [0.15, 0.2) is 29.1 Å². The summed E-state index contributed by atoms with van der Waals surface area (Å²) in [7, 11) is 0. The lowest BCUT2D eigenvalue weighted by molar-refractivity contribution is 1.16. The van der Waals surface area contributed by atoms with E-state index >= 15 is 0 Å². The van der Waals surface area contributed by atoms with Crippen molar-refractivity contribution in [1.29, 1.82) is 5.26 Å². The van der Waals surface area contributed by atoms with Gasteiger partial charge in [0, 0.05) is 18.6 Å². The maximum absolute atomic E-state index is 8.65. The largest absolute Gasteiger partial charge is 0.305 e.